The van der Waals surface area contributed by atoms with Crippen molar-refractivity contribution in [3.05, 3.63) is 0 Å². The minimum absolute atomic E-state index is 0.301. The predicted octanol–water partition coefficient (Wildman–Crippen LogP) is 5.55. The number of hydrogen-bond donors (Lipinski definition) is 2. The third-order valence-electron chi connectivity index (χ3n) is 6.17. The molecule has 0 amide bonds. The van der Waals surface area contributed by atoms with E-state index in [0.29, 0.717) is 0 Å². The molecule has 2 atom stereocenters. The summed E-state index contributed by atoms with van der Waals surface area (Å²) in [5.41, 5.74) is 0. The Balaban J connectivity index is 0. The normalized spacial score (nSPS) is 15.3. The molecule has 0 radical (unpaired) electrons. The average molecular weight is 512 g/mol. The predicted molar refractivity (Wildman–Crippen MR) is 140 cm³/mol. The zero-order valence-corrected chi connectivity index (χ0v) is 23.8. The lowest BCUT2D eigenvalue weighted by molar-refractivity contribution is -0.915. The summed E-state index contributed by atoms with van der Waals surface area (Å²) in [6.45, 7) is 8.54. The lowest BCUT2D eigenvalue weighted by Gasteiger charge is -2.36. The summed E-state index contributed by atoms with van der Waals surface area (Å²) >= 11 is 0. The second-order valence-electron chi connectivity index (χ2n) is 10.3. The molecule has 8 heteroatoms. The van der Waals surface area contributed by atoms with Crippen LogP contribution >= 0.6 is 0 Å². The fourth-order valence-corrected chi connectivity index (χ4v) is 4.57. The van der Waals surface area contributed by atoms with Gasteiger partial charge in [-0.2, -0.15) is 0 Å². The smallest absolute Gasteiger partial charge is 0.217 e. The molecule has 0 aromatic heterocycles. The van der Waals surface area contributed by atoms with Crippen LogP contribution in [0.1, 0.15) is 124 Å². The van der Waals surface area contributed by atoms with E-state index >= 15 is 0 Å². The molecule has 2 N–H and O–H groups in total. The molecule has 0 spiro atoms. The van der Waals surface area contributed by atoms with Crippen molar-refractivity contribution in [1.82, 2.24) is 0 Å². The van der Waals surface area contributed by atoms with Crippen molar-refractivity contribution in [3.8, 4) is 0 Å². The summed E-state index contributed by atoms with van der Waals surface area (Å²) < 4.78 is 31.8. The van der Waals surface area contributed by atoms with Crippen molar-refractivity contribution in [2.24, 2.45) is 0 Å². The van der Waals surface area contributed by atoms with Crippen molar-refractivity contribution in [1.29, 1.82) is 0 Å². The van der Waals surface area contributed by atoms with Crippen molar-refractivity contribution in [2.75, 3.05) is 33.8 Å². The minimum Gasteiger partial charge on any atom is -0.726 e. The monoisotopic (exact) mass is 511 g/mol. The summed E-state index contributed by atoms with van der Waals surface area (Å²) in [5, 5.41) is 19.5. The lowest BCUT2D eigenvalue weighted by atomic mass is 10.0. The highest BCUT2D eigenvalue weighted by atomic mass is 32.3. The maximum atomic E-state index is 9.74. The average Bonchev–Trinajstić information content (AvgIpc) is 2.72. The minimum atomic E-state index is -4.41. The van der Waals surface area contributed by atoms with Gasteiger partial charge in [-0.1, -0.05) is 96.8 Å². The molecular weight excluding hydrogens is 454 g/mol. The standard InChI is InChI=1S/C25H54NO2.CH4O4S/c1-5-6-7-8-9-10-11-12-13-14-15-16-17-18-19-20-21-26(4,22-24(2)27)23-25(3)28;1-5-6(2,3)4/h24-25,27-28H,5-23H2,1-4H3;1H3,(H,2,3,4)/q+1;/p-1. The Morgan fingerprint density at radius 3 is 1.21 bits per heavy atom. The van der Waals surface area contributed by atoms with Crippen molar-refractivity contribution >= 4 is 10.4 Å². The Labute approximate surface area is 211 Å². The Morgan fingerprint density at radius 2 is 0.971 bits per heavy atom. The van der Waals surface area contributed by atoms with Crippen LogP contribution in [-0.4, -0.2) is 73.7 Å². The third kappa shape index (κ3) is 29.8. The van der Waals surface area contributed by atoms with Gasteiger partial charge in [-0.15, -0.1) is 0 Å². The van der Waals surface area contributed by atoms with Gasteiger partial charge in [0.05, 0.1) is 20.7 Å². The van der Waals surface area contributed by atoms with Gasteiger partial charge in [-0.25, -0.2) is 8.42 Å². The molecule has 0 aliphatic carbocycles. The van der Waals surface area contributed by atoms with Gasteiger partial charge in [0.1, 0.15) is 25.3 Å². The van der Waals surface area contributed by atoms with Crippen LogP contribution in [-0.2, 0) is 14.6 Å². The highest BCUT2D eigenvalue weighted by Crippen LogP contribution is 2.15. The van der Waals surface area contributed by atoms with Crippen LogP contribution in [0.15, 0.2) is 0 Å². The van der Waals surface area contributed by atoms with Gasteiger partial charge in [0.25, 0.3) is 0 Å². The third-order valence-corrected chi connectivity index (χ3v) is 6.57. The molecule has 208 valence electrons. The summed E-state index contributed by atoms with van der Waals surface area (Å²) in [7, 11) is -1.43. The van der Waals surface area contributed by atoms with Crippen molar-refractivity contribution in [2.45, 2.75) is 136 Å². The maximum Gasteiger partial charge on any atom is 0.217 e. The van der Waals surface area contributed by atoms with Crippen LogP contribution in [0.5, 0.6) is 0 Å². The van der Waals surface area contributed by atoms with E-state index in [-0.39, 0.29) is 12.2 Å². The second kappa shape index (κ2) is 23.2. The molecule has 0 saturated carbocycles. The van der Waals surface area contributed by atoms with Gasteiger partial charge in [-0.05, 0) is 26.7 Å². The number of aliphatic hydroxyl groups excluding tert-OH is 2. The highest BCUT2D eigenvalue weighted by molar-refractivity contribution is 7.80. The van der Waals surface area contributed by atoms with Gasteiger partial charge in [0.15, 0.2) is 0 Å². The summed E-state index contributed by atoms with van der Waals surface area (Å²) in [5.74, 6) is 0. The Morgan fingerprint density at radius 1 is 0.706 bits per heavy atom. The van der Waals surface area contributed by atoms with E-state index in [0.717, 1.165) is 31.2 Å². The molecule has 34 heavy (non-hydrogen) atoms. The van der Waals surface area contributed by atoms with Crippen LogP contribution in [0.3, 0.4) is 0 Å². The molecule has 0 aromatic carbocycles. The summed E-state index contributed by atoms with van der Waals surface area (Å²) in [4.78, 5) is 0. The molecular formula is C26H57NO6S. The molecule has 0 saturated heterocycles. The largest absolute Gasteiger partial charge is 0.726 e. The van der Waals surface area contributed by atoms with Gasteiger partial charge in [0.2, 0.25) is 10.4 Å². The number of nitrogens with zero attached hydrogens (tertiary/aromatic N) is 1. The molecule has 7 nitrogen and oxygen atoms in total. The lowest BCUT2D eigenvalue weighted by Crippen LogP contribution is -2.52. The molecule has 0 rings (SSSR count). The van der Waals surface area contributed by atoms with Crippen LogP contribution in [0, 0.1) is 0 Å². The van der Waals surface area contributed by atoms with E-state index in [1.165, 1.54) is 103 Å². The fraction of sp³-hybridized carbons (Fsp3) is 1.00. The topological polar surface area (TPSA) is 107 Å². The van der Waals surface area contributed by atoms with Gasteiger partial charge >= 0.3 is 0 Å². The van der Waals surface area contributed by atoms with E-state index in [4.69, 9.17) is 0 Å². The van der Waals surface area contributed by atoms with Gasteiger partial charge in [0, 0.05) is 0 Å². The highest BCUT2D eigenvalue weighted by Gasteiger charge is 2.25. The number of hydrogen-bond acceptors (Lipinski definition) is 6. The van der Waals surface area contributed by atoms with Gasteiger partial charge in [-0.3, -0.25) is 4.18 Å². The number of unbranched alkanes of at least 4 members (excludes halogenated alkanes) is 15. The van der Waals surface area contributed by atoms with Crippen molar-refractivity contribution in [3.63, 3.8) is 0 Å². The van der Waals surface area contributed by atoms with Crippen LogP contribution in [0.2, 0.25) is 0 Å². The SMILES string of the molecule is CCCCCCCCCCCCCCCCCC[N+](C)(CC(C)O)CC(C)O.COS(=O)(=O)[O-]. The van der Waals surface area contributed by atoms with Crippen LogP contribution in [0.4, 0.5) is 0 Å². The van der Waals surface area contributed by atoms with E-state index in [1.54, 1.807) is 0 Å². The Kier molecular flexibility index (Phi) is 24.5. The first-order valence-corrected chi connectivity index (χ1v) is 15.0. The molecule has 0 fully saturated rings. The summed E-state index contributed by atoms with van der Waals surface area (Å²) in [6.07, 6.45) is 21.7. The molecule has 0 aliphatic rings. The van der Waals surface area contributed by atoms with Crippen LogP contribution in [0.25, 0.3) is 0 Å². The quantitative estimate of drug-likeness (QED) is 0.0854. The number of rotatable bonds is 22. The Hall–Kier alpha value is -0.250. The van der Waals surface area contributed by atoms with Crippen LogP contribution < -0.4 is 0 Å². The first-order chi connectivity index (χ1) is 16.0. The summed E-state index contributed by atoms with van der Waals surface area (Å²) in [6, 6.07) is 0. The van der Waals surface area contributed by atoms with Gasteiger partial charge < -0.3 is 19.2 Å². The first kappa shape index (κ1) is 35.9. The molecule has 0 heterocycles. The Bertz CT molecular complexity index is 515. The molecule has 0 bridgehead atoms. The van der Waals surface area contributed by atoms with E-state index < -0.39 is 10.4 Å². The zero-order chi connectivity index (χ0) is 26.3. The number of likely N-dealkylation sites (N-methyl/N-ethyl adjacent to an activating group) is 1. The number of aliphatic hydroxyl groups is 2. The maximum absolute atomic E-state index is 9.74. The first-order valence-electron chi connectivity index (χ1n) is 13.7. The number of quaternary nitrogens is 1. The second-order valence-corrected chi connectivity index (χ2v) is 11.4. The van der Waals surface area contributed by atoms with E-state index in [2.05, 4.69) is 18.2 Å². The molecule has 0 aromatic rings. The van der Waals surface area contributed by atoms with E-state index in [1.807, 2.05) is 13.8 Å². The van der Waals surface area contributed by atoms with E-state index in [9.17, 15) is 23.2 Å². The molecule has 2 unspecified atom stereocenters. The zero-order valence-electron chi connectivity index (χ0n) is 23.0. The fourth-order valence-electron chi connectivity index (χ4n) is 4.57. The molecule has 0 aliphatic heterocycles. The van der Waals surface area contributed by atoms with Crippen molar-refractivity contribution < 1.29 is 31.8 Å².